The quantitative estimate of drug-likeness (QED) is 0.631. The summed E-state index contributed by atoms with van der Waals surface area (Å²) in [6.07, 6.45) is -1.23. The normalized spacial score (nSPS) is 13.2. The fourth-order valence-corrected chi connectivity index (χ4v) is 0.870. The number of carbonyl (C=O) groups is 2. The second-order valence-corrected chi connectivity index (χ2v) is 3.77. The summed E-state index contributed by atoms with van der Waals surface area (Å²) >= 11 is 0. The van der Waals surface area contributed by atoms with Gasteiger partial charge in [-0.05, 0) is 5.41 Å². The van der Waals surface area contributed by atoms with Crippen LogP contribution in [0.1, 0.15) is 20.8 Å². The maximum absolute atomic E-state index is 11.1. The van der Waals surface area contributed by atoms with E-state index < -0.39 is 23.5 Å². The second-order valence-electron chi connectivity index (χ2n) is 3.77. The van der Waals surface area contributed by atoms with Crippen molar-refractivity contribution in [1.29, 1.82) is 0 Å². The molecule has 0 spiro atoms. The molecule has 13 heavy (non-hydrogen) atoms. The van der Waals surface area contributed by atoms with E-state index in [0.717, 1.165) is 0 Å². The Labute approximate surface area is 77.1 Å². The standard InChI is InChI=1S/C8H15NO4/c1-8(2,3)5(6(10)13-4)9-7(11)12/h5,9H,1-4H3,(H,11,12). The van der Waals surface area contributed by atoms with Crippen LogP contribution in [0.4, 0.5) is 4.79 Å². The molecule has 0 aromatic rings. The second kappa shape index (κ2) is 4.11. The van der Waals surface area contributed by atoms with Gasteiger partial charge in [-0.15, -0.1) is 0 Å². The number of esters is 1. The number of hydrogen-bond acceptors (Lipinski definition) is 3. The smallest absolute Gasteiger partial charge is 0.405 e. The first-order valence-electron chi connectivity index (χ1n) is 3.86. The van der Waals surface area contributed by atoms with Crippen LogP contribution in [-0.4, -0.2) is 30.3 Å². The third-order valence-electron chi connectivity index (χ3n) is 1.57. The van der Waals surface area contributed by atoms with E-state index in [1.165, 1.54) is 7.11 Å². The first-order chi connectivity index (χ1) is 5.79. The topological polar surface area (TPSA) is 75.6 Å². The predicted molar refractivity (Wildman–Crippen MR) is 46.4 cm³/mol. The summed E-state index contributed by atoms with van der Waals surface area (Å²) < 4.78 is 4.47. The van der Waals surface area contributed by atoms with Crippen LogP contribution < -0.4 is 5.32 Å². The average Bonchev–Trinajstić information content (AvgIpc) is 1.96. The molecule has 0 rings (SSSR count). The van der Waals surface area contributed by atoms with Crippen molar-refractivity contribution in [1.82, 2.24) is 5.32 Å². The van der Waals surface area contributed by atoms with Crippen molar-refractivity contribution in [2.75, 3.05) is 7.11 Å². The molecule has 0 aromatic carbocycles. The number of nitrogens with one attached hydrogen (secondary N) is 1. The molecule has 1 amide bonds. The molecule has 0 bridgehead atoms. The van der Waals surface area contributed by atoms with Crippen molar-refractivity contribution in [3.8, 4) is 0 Å². The summed E-state index contributed by atoms with van der Waals surface area (Å²) in [5.74, 6) is -0.574. The first-order valence-corrected chi connectivity index (χ1v) is 3.86. The molecule has 0 aliphatic heterocycles. The van der Waals surface area contributed by atoms with Gasteiger partial charge >= 0.3 is 12.1 Å². The number of rotatable bonds is 2. The lowest BCUT2D eigenvalue weighted by Crippen LogP contribution is -2.49. The Kier molecular flexibility index (Phi) is 3.71. The van der Waals surface area contributed by atoms with Crippen molar-refractivity contribution >= 4 is 12.1 Å². The Morgan fingerprint density at radius 3 is 2.08 bits per heavy atom. The van der Waals surface area contributed by atoms with E-state index in [-0.39, 0.29) is 0 Å². The average molecular weight is 189 g/mol. The summed E-state index contributed by atoms with van der Waals surface area (Å²) in [6.45, 7) is 5.26. The van der Waals surface area contributed by atoms with Gasteiger partial charge in [0.25, 0.3) is 0 Å². The highest BCUT2D eigenvalue weighted by molar-refractivity contribution is 5.81. The summed E-state index contributed by atoms with van der Waals surface area (Å²) in [4.78, 5) is 21.5. The number of methoxy groups -OCH3 is 1. The van der Waals surface area contributed by atoms with Crippen LogP contribution in [-0.2, 0) is 9.53 Å². The van der Waals surface area contributed by atoms with E-state index in [2.05, 4.69) is 10.1 Å². The van der Waals surface area contributed by atoms with Crippen molar-refractivity contribution in [3.63, 3.8) is 0 Å². The lowest BCUT2D eigenvalue weighted by atomic mass is 9.87. The largest absolute Gasteiger partial charge is 0.467 e. The SMILES string of the molecule is COC(=O)C(NC(=O)O)C(C)(C)C. The molecule has 0 heterocycles. The molecule has 5 heteroatoms. The van der Waals surface area contributed by atoms with Crippen LogP contribution in [0.25, 0.3) is 0 Å². The number of carboxylic acid groups (broad SMARTS) is 1. The van der Waals surface area contributed by atoms with E-state index in [9.17, 15) is 9.59 Å². The van der Waals surface area contributed by atoms with E-state index in [1.807, 2.05) is 0 Å². The molecule has 0 radical (unpaired) electrons. The minimum atomic E-state index is -1.23. The third kappa shape index (κ3) is 3.78. The van der Waals surface area contributed by atoms with Crippen LogP contribution in [0.3, 0.4) is 0 Å². The Balaban J connectivity index is 4.56. The summed E-state index contributed by atoms with van der Waals surface area (Å²) in [5, 5.41) is 10.6. The molecule has 0 aliphatic rings. The van der Waals surface area contributed by atoms with Crippen LogP contribution >= 0.6 is 0 Å². The lowest BCUT2D eigenvalue weighted by molar-refractivity contribution is -0.145. The number of carbonyl (C=O) groups excluding carboxylic acids is 1. The third-order valence-corrected chi connectivity index (χ3v) is 1.57. The van der Waals surface area contributed by atoms with Gasteiger partial charge in [0.05, 0.1) is 7.11 Å². The Morgan fingerprint density at radius 2 is 1.85 bits per heavy atom. The van der Waals surface area contributed by atoms with Gasteiger partial charge in [-0.3, -0.25) is 0 Å². The molecule has 5 nitrogen and oxygen atoms in total. The summed E-state index contributed by atoms with van der Waals surface area (Å²) in [5.41, 5.74) is -0.495. The molecule has 0 aliphatic carbocycles. The Morgan fingerprint density at radius 1 is 1.38 bits per heavy atom. The molecule has 2 N–H and O–H groups in total. The maximum atomic E-state index is 11.1. The van der Waals surface area contributed by atoms with Crippen LogP contribution in [0, 0.1) is 5.41 Å². The lowest BCUT2D eigenvalue weighted by Gasteiger charge is -2.27. The highest BCUT2D eigenvalue weighted by Gasteiger charge is 2.33. The highest BCUT2D eigenvalue weighted by atomic mass is 16.5. The van der Waals surface area contributed by atoms with Crippen LogP contribution in [0.2, 0.25) is 0 Å². The van der Waals surface area contributed by atoms with Crippen LogP contribution in [0.5, 0.6) is 0 Å². The zero-order chi connectivity index (χ0) is 10.6. The molecule has 0 saturated carbocycles. The fourth-order valence-electron chi connectivity index (χ4n) is 0.870. The van der Waals surface area contributed by atoms with E-state index >= 15 is 0 Å². The van der Waals surface area contributed by atoms with Gasteiger partial charge in [0, 0.05) is 0 Å². The molecule has 0 saturated heterocycles. The zero-order valence-electron chi connectivity index (χ0n) is 8.25. The summed E-state index contributed by atoms with van der Waals surface area (Å²) in [7, 11) is 1.23. The number of ether oxygens (including phenoxy) is 1. The monoisotopic (exact) mass is 189 g/mol. The van der Waals surface area contributed by atoms with Gasteiger partial charge in [-0.2, -0.15) is 0 Å². The highest BCUT2D eigenvalue weighted by Crippen LogP contribution is 2.19. The molecular formula is C8H15NO4. The van der Waals surface area contributed by atoms with Crippen LogP contribution in [0.15, 0.2) is 0 Å². The van der Waals surface area contributed by atoms with Crippen molar-refractivity contribution in [2.45, 2.75) is 26.8 Å². The number of hydrogen-bond donors (Lipinski definition) is 2. The maximum Gasteiger partial charge on any atom is 0.405 e. The van der Waals surface area contributed by atoms with E-state index in [4.69, 9.17) is 5.11 Å². The molecule has 1 atom stereocenters. The molecule has 0 aromatic heterocycles. The fraction of sp³-hybridized carbons (Fsp3) is 0.750. The van der Waals surface area contributed by atoms with Gasteiger partial charge < -0.3 is 15.2 Å². The molecular weight excluding hydrogens is 174 g/mol. The zero-order valence-corrected chi connectivity index (χ0v) is 8.25. The Bertz CT molecular complexity index is 207. The minimum Gasteiger partial charge on any atom is -0.467 e. The van der Waals surface area contributed by atoms with Crippen molar-refractivity contribution in [2.24, 2.45) is 5.41 Å². The van der Waals surface area contributed by atoms with Crippen molar-refractivity contribution in [3.05, 3.63) is 0 Å². The molecule has 0 fully saturated rings. The van der Waals surface area contributed by atoms with Gasteiger partial charge in [0.15, 0.2) is 0 Å². The Hall–Kier alpha value is -1.26. The van der Waals surface area contributed by atoms with Gasteiger partial charge in [-0.25, -0.2) is 9.59 Å². The first kappa shape index (κ1) is 11.7. The van der Waals surface area contributed by atoms with Gasteiger partial charge in [-0.1, -0.05) is 20.8 Å². The van der Waals surface area contributed by atoms with E-state index in [0.29, 0.717) is 0 Å². The van der Waals surface area contributed by atoms with E-state index in [1.54, 1.807) is 20.8 Å². The van der Waals surface area contributed by atoms with Gasteiger partial charge in [0.2, 0.25) is 0 Å². The summed E-state index contributed by atoms with van der Waals surface area (Å²) in [6, 6.07) is -0.838. The van der Waals surface area contributed by atoms with Gasteiger partial charge in [0.1, 0.15) is 6.04 Å². The number of amides is 1. The predicted octanol–water partition coefficient (Wildman–Crippen LogP) is 0.842. The molecule has 76 valence electrons. The van der Waals surface area contributed by atoms with Crippen molar-refractivity contribution < 1.29 is 19.4 Å². The molecule has 1 unspecified atom stereocenters. The minimum absolute atomic E-state index is 0.495.